The van der Waals surface area contributed by atoms with Crippen molar-refractivity contribution in [2.24, 2.45) is 5.92 Å². The van der Waals surface area contributed by atoms with E-state index in [0.29, 0.717) is 17.9 Å². The molecule has 3 rings (SSSR count). The number of piperazine rings is 1. The number of nitrogens with one attached hydrogen (secondary N) is 1. The van der Waals surface area contributed by atoms with Gasteiger partial charge in [0, 0.05) is 25.7 Å². The monoisotopic (exact) mass is 258 g/mol. The molecular weight excluding hydrogens is 236 g/mol. The van der Waals surface area contributed by atoms with Crippen LogP contribution in [-0.4, -0.2) is 36.5 Å². The van der Waals surface area contributed by atoms with Crippen molar-refractivity contribution in [3.8, 4) is 0 Å². The molecule has 1 amide bonds. The van der Waals surface area contributed by atoms with Gasteiger partial charge in [0.1, 0.15) is 0 Å². The maximum absolute atomic E-state index is 12.8. The number of benzene rings is 1. The van der Waals surface area contributed by atoms with Crippen LogP contribution in [0.4, 0.5) is 0 Å². The Balaban J connectivity index is 1.78. The average molecular weight is 258 g/mol. The summed E-state index contributed by atoms with van der Waals surface area (Å²) in [5, 5.41) is 3.40. The van der Waals surface area contributed by atoms with Crippen LogP contribution in [0.15, 0.2) is 30.3 Å². The van der Waals surface area contributed by atoms with E-state index < -0.39 is 0 Å². The zero-order valence-corrected chi connectivity index (χ0v) is 11.5. The summed E-state index contributed by atoms with van der Waals surface area (Å²) in [6.45, 7) is 4.75. The minimum absolute atomic E-state index is 0.0894. The van der Waals surface area contributed by atoms with Crippen LogP contribution in [-0.2, 0) is 4.79 Å². The third kappa shape index (κ3) is 2.81. The molecule has 1 aliphatic heterocycles. The number of rotatable bonds is 3. The number of carbonyl (C=O) groups is 1. The molecule has 1 saturated heterocycles. The van der Waals surface area contributed by atoms with Gasteiger partial charge in [0.25, 0.3) is 0 Å². The Kier molecular flexibility index (Phi) is 3.56. The van der Waals surface area contributed by atoms with Crippen molar-refractivity contribution in [3.05, 3.63) is 35.9 Å². The maximum atomic E-state index is 12.8. The molecule has 2 atom stereocenters. The molecular formula is C16H22N2O. The second-order valence-electron chi connectivity index (χ2n) is 5.87. The third-order valence-electron chi connectivity index (χ3n) is 4.20. The normalized spacial score (nSPS) is 25.1. The summed E-state index contributed by atoms with van der Waals surface area (Å²) in [6.07, 6.45) is 2.40. The lowest BCUT2D eigenvalue weighted by atomic mass is 9.92. The van der Waals surface area contributed by atoms with Crippen LogP contribution >= 0.6 is 0 Å². The average Bonchev–Trinajstić information content (AvgIpc) is 3.25. The summed E-state index contributed by atoms with van der Waals surface area (Å²) in [5.74, 6) is 0.994. The molecule has 0 aromatic heterocycles. The summed E-state index contributed by atoms with van der Waals surface area (Å²) >= 11 is 0. The molecule has 1 aromatic carbocycles. The van der Waals surface area contributed by atoms with Crippen molar-refractivity contribution >= 4 is 5.91 Å². The summed E-state index contributed by atoms with van der Waals surface area (Å²) in [6, 6.07) is 10.7. The second-order valence-corrected chi connectivity index (χ2v) is 5.87. The molecule has 0 radical (unpaired) electrons. The van der Waals surface area contributed by atoms with Crippen LogP contribution in [0.3, 0.4) is 0 Å². The first-order chi connectivity index (χ1) is 9.25. The van der Waals surface area contributed by atoms with Gasteiger partial charge in [-0.05, 0) is 31.2 Å². The van der Waals surface area contributed by atoms with Crippen molar-refractivity contribution in [1.29, 1.82) is 0 Å². The first kappa shape index (κ1) is 12.7. The highest BCUT2D eigenvalue weighted by molar-refractivity contribution is 5.84. The van der Waals surface area contributed by atoms with Gasteiger partial charge in [-0.15, -0.1) is 0 Å². The lowest BCUT2D eigenvalue weighted by Crippen LogP contribution is -2.52. The molecule has 1 aromatic rings. The Hall–Kier alpha value is -1.35. The van der Waals surface area contributed by atoms with E-state index in [2.05, 4.69) is 29.3 Å². The smallest absolute Gasteiger partial charge is 0.230 e. The Morgan fingerprint density at radius 3 is 2.68 bits per heavy atom. The molecule has 0 bridgehead atoms. The van der Waals surface area contributed by atoms with Gasteiger partial charge < -0.3 is 10.2 Å². The lowest BCUT2D eigenvalue weighted by molar-refractivity contribution is -0.134. The van der Waals surface area contributed by atoms with E-state index in [9.17, 15) is 4.79 Å². The molecule has 1 aliphatic carbocycles. The maximum Gasteiger partial charge on any atom is 0.230 e. The molecule has 2 aliphatic rings. The zero-order chi connectivity index (χ0) is 13.2. The van der Waals surface area contributed by atoms with Crippen LogP contribution < -0.4 is 5.32 Å². The van der Waals surface area contributed by atoms with Crippen LogP contribution in [0.1, 0.15) is 31.2 Å². The van der Waals surface area contributed by atoms with E-state index in [4.69, 9.17) is 0 Å². The molecule has 1 unspecified atom stereocenters. The molecule has 102 valence electrons. The van der Waals surface area contributed by atoms with Crippen molar-refractivity contribution in [2.45, 2.75) is 31.7 Å². The van der Waals surface area contributed by atoms with Gasteiger partial charge in [-0.25, -0.2) is 0 Å². The fourth-order valence-corrected chi connectivity index (χ4v) is 3.04. The van der Waals surface area contributed by atoms with Crippen LogP contribution in [0.5, 0.6) is 0 Å². The summed E-state index contributed by atoms with van der Waals surface area (Å²) in [5.41, 5.74) is 1.20. The third-order valence-corrected chi connectivity index (χ3v) is 4.20. The largest absolute Gasteiger partial charge is 0.339 e. The summed E-state index contributed by atoms with van der Waals surface area (Å²) in [7, 11) is 0. The highest BCUT2D eigenvalue weighted by atomic mass is 16.2. The number of nitrogens with zero attached hydrogens (tertiary/aromatic N) is 1. The Morgan fingerprint density at radius 1 is 1.32 bits per heavy atom. The Bertz CT molecular complexity index is 441. The minimum atomic E-state index is 0.0894. The standard InChI is InChI=1S/C16H22N2O/c1-12-11-18(10-9-17-12)16(19)15(14-7-8-14)13-5-3-2-4-6-13/h2-6,12,14-15,17H,7-11H2,1H3/t12-,15?/m1/s1. The van der Waals surface area contributed by atoms with Gasteiger partial charge in [-0.3, -0.25) is 4.79 Å². The van der Waals surface area contributed by atoms with Crippen molar-refractivity contribution in [1.82, 2.24) is 10.2 Å². The fourth-order valence-electron chi connectivity index (χ4n) is 3.04. The molecule has 1 N–H and O–H groups in total. The SMILES string of the molecule is C[C@@H]1CN(C(=O)C(c2ccccc2)C2CC2)CCN1. The fraction of sp³-hybridized carbons (Fsp3) is 0.562. The van der Waals surface area contributed by atoms with Gasteiger partial charge in [-0.1, -0.05) is 30.3 Å². The van der Waals surface area contributed by atoms with E-state index in [-0.39, 0.29) is 5.92 Å². The summed E-state index contributed by atoms with van der Waals surface area (Å²) in [4.78, 5) is 14.9. The van der Waals surface area contributed by atoms with E-state index in [1.54, 1.807) is 0 Å². The zero-order valence-electron chi connectivity index (χ0n) is 11.5. The number of carbonyl (C=O) groups excluding carboxylic acids is 1. The van der Waals surface area contributed by atoms with Crippen LogP contribution in [0, 0.1) is 5.92 Å². The van der Waals surface area contributed by atoms with Crippen LogP contribution in [0.2, 0.25) is 0 Å². The van der Waals surface area contributed by atoms with Gasteiger partial charge in [0.15, 0.2) is 0 Å². The van der Waals surface area contributed by atoms with Crippen LogP contribution in [0.25, 0.3) is 0 Å². The number of hydrogen-bond acceptors (Lipinski definition) is 2. The van der Waals surface area contributed by atoms with Gasteiger partial charge >= 0.3 is 0 Å². The predicted molar refractivity (Wildman–Crippen MR) is 76.0 cm³/mol. The molecule has 3 nitrogen and oxygen atoms in total. The molecule has 2 fully saturated rings. The highest BCUT2D eigenvalue weighted by Gasteiger charge is 2.39. The van der Waals surface area contributed by atoms with E-state index in [0.717, 1.165) is 19.6 Å². The number of amides is 1. The molecule has 1 saturated carbocycles. The van der Waals surface area contributed by atoms with E-state index in [1.165, 1.54) is 18.4 Å². The Labute approximate surface area is 115 Å². The van der Waals surface area contributed by atoms with Gasteiger partial charge in [0.2, 0.25) is 5.91 Å². The van der Waals surface area contributed by atoms with E-state index in [1.807, 2.05) is 18.2 Å². The van der Waals surface area contributed by atoms with E-state index >= 15 is 0 Å². The lowest BCUT2D eigenvalue weighted by Gasteiger charge is -2.34. The highest BCUT2D eigenvalue weighted by Crippen LogP contribution is 2.43. The predicted octanol–water partition coefficient (Wildman–Crippen LogP) is 2.00. The first-order valence-corrected chi connectivity index (χ1v) is 7.33. The minimum Gasteiger partial charge on any atom is -0.339 e. The second kappa shape index (κ2) is 5.33. The quantitative estimate of drug-likeness (QED) is 0.899. The van der Waals surface area contributed by atoms with Crippen molar-refractivity contribution in [2.75, 3.05) is 19.6 Å². The molecule has 1 heterocycles. The van der Waals surface area contributed by atoms with Gasteiger partial charge in [-0.2, -0.15) is 0 Å². The van der Waals surface area contributed by atoms with Gasteiger partial charge in [0.05, 0.1) is 5.92 Å². The van der Waals surface area contributed by atoms with Crippen molar-refractivity contribution < 1.29 is 4.79 Å². The summed E-state index contributed by atoms with van der Waals surface area (Å²) < 4.78 is 0. The first-order valence-electron chi connectivity index (χ1n) is 7.33. The van der Waals surface area contributed by atoms with Crippen molar-refractivity contribution in [3.63, 3.8) is 0 Å². The molecule has 0 spiro atoms. The Morgan fingerprint density at radius 2 is 2.05 bits per heavy atom. The molecule has 19 heavy (non-hydrogen) atoms. The number of hydrogen-bond donors (Lipinski definition) is 1. The molecule has 3 heteroatoms. The topological polar surface area (TPSA) is 32.3 Å².